The number of fused-ring (bicyclic) bond motifs is 1. The number of carboxylic acids is 1. The Balaban J connectivity index is 1.64. The molecule has 0 unspecified atom stereocenters. The quantitative estimate of drug-likeness (QED) is 0.837. The molecular formula is C21H23NO4. The maximum absolute atomic E-state index is 12.6. The van der Waals surface area contributed by atoms with E-state index in [-0.39, 0.29) is 18.4 Å². The fraction of sp³-hybridized carbons (Fsp3) is 0.333. The summed E-state index contributed by atoms with van der Waals surface area (Å²) in [6, 6.07) is 15.3. The normalized spacial score (nSPS) is 16.9. The molecule has 0 bridgehead atoms. The first-order valence-electron chi connectivity index (χ1n) is 8.82. The highest BCUT2D eigenvalue weighted by Gasteiger charge is 2.28. The Morgan fingerprint density at radius 1 is 1.23 bits per heavy atom. The van der Waals surface area contributed by atoms with Crippen molar-refractivity contribution < 1.29 is 19.4 Å². The molecule has 3 rings (SSSR count). The van der Waals surface area contributed by atoms with E-state index in [1.807, 2.05) is 55.5 Å². The van der Waals surface area contributed by atoms with Gasteiger partial charge < -0.3 is 15.2 Å². The molecule has 1 aliphatic heterocycles. The van der Waals surface area contributed by atoms with Crippen molar-refractivity contribution in [1.29, 1.82) is 0 Å². The number of carboxylic acid groups (broad SMARTS) is 1. The predicted octanol–water partition coefficient (Wildman–Crippen LogP) is 2.92. The molecule has 136 valence electrons. The maximum Gasteiger partial charge on any atom is 0.308 e. The molecule has 1 heterocycles. The van der Waals surface area contributed by atoms with Gasteiger partial charge in [-0.1, -0.05) is 48.0 Å². The van der Waals surface area contributed by atoms with Crippen LogP contribution in [0.3, 0.4) is 0 Å². The molecule has 0 fully saturated rings. The van der Waals surface area contributed by atoms with Crippen molar-refractivity contribution in [3.05, 3.63) is 65.2 Å². The van der Waals surface area contributed by atoms with Crippen molar-refractivity contribution in [3.63, 3.8) is 0 Å². The third-order valence-electron chi connectivity index (χ3n) is 4.71. The number of benzene rings is 2. The summed E-state index contributed by atoms with van der Waals surface area (Å²) in [6.07, 6.45) is 0.986. The van der Waals surface area contributed by atoms with Gasteiger partial charge in [0, 0.05) is 12.1 Å². The molecule has 2 aromatic carbocycles. The number of rotatable bonds is 6. The molecule has 0 aromatic heterocycles. The Morgan fingerprint density at radius 2 is 2.04 bits per heavy atom. The van der Waals surface area contributed by atoms with E-state index in [1.54, 1.807) is 0 Å². The Kier molecular flexibility index (Phi) is 5.56. The van der Waals surface area contributed by atoms with E-state index in [4.69, 9.17) is 4.74 Å². The number of aryl methyl sites for hydroxylation is 1. The van der Waals surface area contributed by atoms with Crippen molar-refractivity contribution in [1.82, 2.24) is 5.32 Å². The first-order chi connectivity index (χ1) is 12.5. The number of ether oxygens (including phenoxy) is 1. The Bertz CT molecular complexity index is 802. The number of hydrogen-bond donors (Lipinski definition) is 2. The van der Waals surface area contributed by atoms with Crippen LogP contribution in [-0.2, 0) is 16.0 Å². The third-order valence-corrected chi connectivity index (χ3v) is 4.71. The van der Waals surface area contributed by atoms with Gasteiger partial charge in [-0.25, -0.2) is 0 Å². The van der Waals surface area contributed by atoms with Gasteiger partial charge in [0.05, 0.1) is 18.4 Å². The van der Waals surface area contributed by atoms with Crippen molar-refractivity contribution in [2.75, 3.05) is 13.2 Å². The number of aliphatic carboxylic acids is 1. The molecule has 0 spiro atoms. The van der Waals surface area contributed by atoms with Gasteiger partial charge in [0.2, 0.25) is 5.91 Å². The molecule has 0 saturated carbocycles. The zero-order valence-electron chi connectivity index (χ0n) is 14.8. The summed E-state index contributed by atoms with van der Waals surface area (Å²) in [5.74, 6) is -1.27. The van der Waals surface area contributed by atoms with Crippen LogP contribution in [0.15, 0.2) is 48.5 Å². The highest BCUT2D eigenvalue weighted by molar-refractivity contribution is 5.85. The van der Waals surface area contributed by atoms with E-state index >= 15 is 0 Å². The van der Waals surface area contributed by atoms with Gasteiger partial charge in [-0.15, -0.1) is 0 Å². The maximum atomic E-state index is 12.6. The van der Waals surface area contributed by atoms with Crippen LogP contribution in [0.4, 0.5) is 0 Å². The summed E-state index contributed by atoms with van der Waals surface area (Å²) in [5, 5.41) is 12.3. The van der Waals surface area contributed by atoms with Gasteiger partial charge >= 0.3 is 5.97 Å². The molecule has 0 saturated heterocycles. The van der Waals surface area contributed by atoms with Crippen LogP contribution in [0.2, 0.25) is 0 Å². The van der Waals surface area contributed by atoms with Gasteiger partial charge in [-0.3, -0.25) is 9.59 Å². The van der Waals surface area contributed by atoms with Crippen LogP contribution in [-0.4, -0.2) is 30.1 Å². The Hall–Kier alpha value is -2.82. The van der Waals surface area contributed by atoms with Gasteiger partial charge in [-0.05, 0) is 31.4 Å². The van der Waals surface area contributed by atoms with E-state index in [2.05, 4.69) is 5.32 Å². The van der Waals surface area contributed by atoms with E-state index < -0.39 is 11.9 Å². The average molecular weight is 353 g/mol. The minimum Gasteiger partial charge on any atom is -0.493 e. The summed E-state index contributed by atoms with van der Waals surface area (Å²) >= 11 is 0. The first kappa shape index (κ1) is 18.0. The van der Waals surface area contributed by atoms with Crippen LogP contribution < -0.4 is 10.1 Å². The third kappa shape index (κ3) is 4.23. The van der Waals surface area contributed by atoms with Crippen LogP contribution in [0.5, 0.6) is 5.75 Å². The fourth-order valence-electron chi connectivity index (χ4n) is 3.33. The van der Waals surface area contributed by atoms with Gasteiger partial charge in [0.1, 0.15) is 5.75 Å². The summed E-state index contributed by atoms with van der Waals surface area (Å²) in [5.41, 5.74) is 2.92. The molecule has 2 N–H and O–H groups in total. The summed E-state index contributed by atoms with van der Waals surface area (Å²) < 4.78 is 5.58. The highest BCUT2D eigenvalue weighted by atomic mass is 16.5. The fourth-order valence-corrected chi connectivity index (χ4v) is 3.33. The van der Waals surface area contributed by atoms with E-state index in [0.717, 1.165) is 22.4 Å². The number of carbonyl (C=O) groups excluding carboxylic acids is 1. The minimum atomic E-state index is -0.904. The van der Waals surface area contributed by atoms with Gasteiger partial charge in [0.15, 0.2) is 0 Å². The van der Waals surface area contributed by atoms with Crippen molar-refractivity contribution in [3.8, 4) is 5.75 Å². The number of carbonyl (C=O) groups is 2. The van der Waals surface area contributed by atoms with E-state index in [1.165, 1.54) is 0 Å². The standard InChI is InChI=1S/C21H23NO4/c1-14-5-4-6-15(11-14)12-16(21(24)25)13-22-20(23)18-9-10-26-19-8-3-2-7-17(18)19/h2-8,11,16,18H,9-10,12-13H2,1H3,(H,22,23)(H,24,25)/t16-,18-/m1/s1. The molecule has 0 radical (unpaired) electrons. The van der Waals surface area contributed by atoms with Crippen LogP contribution in [0.1, 0.15) is 29.0 Å². The summed E-state index contributed by atoms with van der Waals surface area (Å²) in [4.78, 5) is 24.2. The average Bonchev–Trinajstić information content (AvgIpc) is 2.64. The molecule has 5 nitrogen and oxygen atoms in total. The van der Waals surface area contributed by atoms with Crippen LogP contribution >= 0.6 is 0 Å². The number of hydrogen-bond acceptors (Lipinski definition) is 3. The largest absolute Gasteiger partial charge is 0.493 e. The lowest BCUT2D eigenvalue weighted by atomic mass is 9.92. The number of amides is 1. The van der Waals surface area contributed by atoms with Crippen LogP contribution in [0, 0.1) is 12.8 Å². The van der Waals surface area contributed by atoms with Crippen molar-refractivity contribution >= 4 is 11.9 Å². The molecular weight excluding hydrogens is 330 g/mol. The second kappa shape index (κ2) is 8.04. The summed E-state index contributed by atoms with van der Waals surface area (Å²) in [6.45, 7) is 2.58. The van der Waals surface area contributed by atoms with E-state index in [9.17, 15) is 14.7 Å². The predicted molar refractivity (Wildman–Crippen MR) is 98.3 cm³/mol. The highest BCUT2D eigenvalue weighted by Crippen LogP contribution is 2.33. The second-order valence-corrected chi connectivity index (χ2v) is 6.70. The number of para-hydroxylation sites is 1. The second-order valence-electron chi connectivity index (χ2n) is 6.70. The van der Waals surface area contributed by atoms with Gasteiger partial charge in [0.25, 0.3) is 0 Å². The van der Waals surface area contributed by atoms with Crippen molar-refractivity contribution in [2.24, 2.45) is 5.92 Å². The SMILES string of the molecule is Cc1cccc(C[C@H](CNC(=O)[C@@H]2CCOc3ccccc32)C(=O)O)c1. The molecule has 0 aliphatic carbocycles. The first-order valence-corrected chi connectivity index (χ1v) is 8.82. The number of nitrogens with one attached hydrogen (secondary N) is 1. The van der Waals surface area contributed by atoms with Crippen molar-refractivity contribution in [2.45, 2.75) is 25.7 Å². The monoisotopic (exact) mass is 353 g/mol. The Labute approximate surface area is 153 Å². The minimum absolute atomic E-state index is 0.113. The topological polar surface area (TPSA) is 75.6 Å². The molecule has 2 aromatic rings. The molecule has 1 amide bonds. The zero-order valence-corrected chi connectivity index (χ0v) is 14.8. The molecule has 26 heavy (non-hydrogen) atoms. The smallest absolute Gasteiger partial charge is 0.308 e. The lowest BCUT2D eigenvalue weighted by Gasteiger charge is -2.25. The molecule has 1 aliphatic rings. The zero-order chi connectivity index (χ0) is 18.5. The molecule has 2 atom stereocenters. The molecule has 5 heteroatoms. The summed E-state index contributed by atoms with van der Waals surface area (Å²) in [7, 11) is 0. The lowest BCUT2D eigenvalue weighted by molar-refractivity contribution is -0.141. The van der Waals surface area contributed by atoms with Crippen LogP contribution in [0.25, 0.3) is 0 Å². The Morgan fingerprint density at radius 3 is 2.81 bits per heavy atom. The lowest BCUT2D eigenvalue weighted by Crippen LogP contribution is -2.38. The van der Waals surface area contributed by atoms with E-state index in [0.29, 0.717) is 19.4 Å². The van der Waals surface area contributed by atoms with Gasteiger partial charge in [-0.2, -0.15) is 0 Å².